The molecule has 1 unspecified atom stereocenters. The lowest BCUT2D eigenvalue weighted by Crippen LogP contribution is -2.25. The number of benzene rings is 1. The number of hydrogen-bond donors (Lipinski definition) is 1. The van der Waals surface area contributed by atoms with E-state index in [-0.39, 0.29) is 11.3 Å². The van der Waals surface area contributed by atoms with Crippen molar-refractivity contribution >= 4 is 23.2 Å². The largest absolute Gasteiger partial charge is 0.330 e. The Kier molecular flexibility index (Phi) is 8.51. The molecule has 5 heteroatoms. The van der Waals surface area contributed by atoms with Gasteiger partial charge >= 0.3 is 0 Å². The van der Waals surface area contributed by atoms with Gasteiger partial charge in [0.25, 0.3) is 0 Å². The van der Waals surface area contributed by atoms with Crippen LogP contribution in [0.2, 0.25) is 5.02 Å². The lowest BCUT2D eigenvalue weighted by atomic mass is 9.71. The molecule has 34 heavy (non-hydrogen) atoms. The topological polar surface area (TPSA) is 46.9 Å². The molecule has 1 heterocycles. The normalized spacial score (nSPS) is 19.3. The van der Waals surface area contributed by atoms with Gasteiger partial charge in [0, 0.05) is 18.5 Å². The van der Waals surface area contributed by atoms with Crippen molar-refractivity contribution in [2.45, 2.75) is 53.5 Å². The fraction of sp³-hybridized carbons (Fsp3) is 0.310. The first-order valence-corrected chi connectivity index (χ1v) is 12.0. The average Bonchev–Trinajstić information content (AvgIpc) is 3.29. The van der Waals surface area contributed by atoms with Gasteiger partial charge < -0.3 is 9.88 Å². The van der Waals surface area contributed by atoms with E-state index in [1.807, 2.05) is 49.9 Å². The van der Waals surface area contributed by atoms with Gasteiger partial charge in [0.15, 0.2) is 0 Å². The third-order valence-electron chi connectivity index (χ3n) is 6.30. The number of hydrogen-bond acceptors (Lipinski definition) is 2. The summed E-state index contributed by atoms with van der Waals surface area (Å²) >= 11 is 6.10. The Morgan fingerprint density at radius 1 is 1.21 bits per heavy atom. The van der Waals surface area contributed by atoms with Gasteiger partial charge in [-0.3, -0.25) is 4.79 Å². The van der Waals surface area contributed by atoms with Crippen molar-refractivity contribution < 1.29 is 4.79 Å². The summed E-state index contributed by atoms with van der Waals surface area (Å²) in [6.07, 6.45) is 20.0. The van der Waals surface area contributed by atoms with Crippen molar-refractivity contribution in [2.24, 2.45) is 5.41 Å². The second-order valence-electron chi connectivity index (χ2n) is 9.51. The number of aromatic nitrogens is 2. The summed E-state index contributed by atoms with van der Waals surface area (Å²) in [4.78, 5) is 16.5. The predicted octanol–water partition coefficient (Wildman–Crippen LogP) is 7.86. The van der Waals surface area contributed by atoms with Crippen molar-refractivity contribution in [1.82, 2.24) is 9.55 Å². The highest BCUT2D eigenvalue weighted by Gasteiger charge is 2.32. The Bertz CT molecular complexity index is 1160. The number of allylic oxidation sites excluding steroid dienone is 9. The lowest BCUT2D eigenvalue weighted by molar-refractivity contribution is -0.111. The SMILES string of the molecule is CC1=C(/C=C/C(C)=C/C=C/C(C)=C/C(=O)Nc2ccccc2Cl)C(C)(C)CCC1n1ccnc1. The summed E-state index contributed by atoms with van der Waals surface area (Å²) in [6, 6.07) is 7.56. The number of amides is 1. The minimum absolute atomic E-state index is 0.141. The van der Waals surface area contributed by atoms with Gasteiger partial charge in [-0.2, -0.15) is 0 Å². The summed E-state index contributed by atoms with van der Waals surface area (Å²) in [5.41, 5.74) is 5.53. The minimum Gasteiger partial charge on any atom is -0.330 e. The molecular weight excluding hydrogens is 442 g/mol. The summed E-state index contributed by atoms with van der Waals surface area (Å²) in [7, 11) is 0. The Morgan fingerprint density at radius 3 is 2.68 bits per heavy atom. The highest BCUT2D eigenvalue weighted by Crippen LogP contribution is 2.45. The molecule has 1 N–H and O–H groups in total. The zero-order valence-electron chi connectivity index (χ0n) is 20.7. The third kappa shape index (κ3) is 6.71. The van der Waals surface area contributed by atoms with Crippen LogP contribution in [0.3, 0.4) is 0 Å². The Hall–Kier alpha value is -3.11. The maximum atomic E-state index is 12.2. The number of halogens is 1. The summed E-state index contributed by atoms with van der Waals surface area (Å²) in [5, 5.41) is 3.32. The molecule has 1 aromatic heterocycles. The maximum absolute atomic E-state index is 12.2. The molecule has 0 saturated heterocycles. The van der Waals surface area contributed by atoms with E-state index in [0.29, 0.717) is 16.8 Å². The van der Waals surface area contributed by atoms with Crippen LogP contribution in [0.25, 0.3) is 0 Å². The number of para-hydroxylation sites is 1. The highest BCUT2D eigenvalue weighted by atomic mass is 35.5. The molecule has 0 radical (unpaired) electrons. The molecule has 0 aliphatic heterocycles. The molecule has 1 amide bonds. The molecule has 0 saturated carbocycles. The van der Waals surface area contributed by atoms with Gasteiger partial charge in [0.05, 0.1) is 23.1 Å². The molecule has 1 aliphatic carbocycles. The quantitative estimate of drug-likeness (QED) is 0.327. The molecule has 2 aromatic rings. The van der Waals surface area contributed by atoms with Crippen LogP contribution in [-0.2, 0) is 4.79 Å². The van der Waals surface area contributed by atoms with E-state index in [0.717, 1.165) is 24.0 Å². The zero-order valence-corrected chi connectivity index (χ0v) is 21.4. The summed E-state index contributed by atoms with van der Waals surface area (Å²) in [6.45, 7) is 10.9. The van der Waals surface area contributed by atoms with Crippen LogP contribution in [0.5, 0.6) is 0 Å². The summed E-state index contributed by atoms with van der Waals surface area (Å²) < 4.78 is 2.21. The van der Waals surface area contributed by atoms with Crippen molar-refractivity contribution in [2.75, 3.05) is 5.32 Å². The van der Waals surface area contributed by atoms with Gasteiger partial charge in [-0.1, -0.05) is 73.5 Å². The number of nitrogens with one attached hydrogen (secondary N) is 1. The molecule has 1 aliphatic rings. The van der Waals surface area contributed by atoms with Crippen LogP contribution in [-0.4, -0.2) is 15.5 Å². The number of anilines is 1. The fourth-order valence-electron chi connectivity index (χ4n) is 4.35. The van der Waals surface area contributed by atoms with Gasteiger partial charge in [0.2, 0.25) is 5.91 Å². The predicted molar refractivity (Wildman–Crippen MR) is 143 cm³/mol. The second-order valence-corrected chi connectivity index (χ2v) is 9.91. The smallest absolute Gasteiger partial charge is 0.248 e. The number of carbonyl (C=O) groups is 1. The van der Waals surface area contributed by atoms with Gasteiger partial charge in [-0.05, 0) is 67.9 Å². The van der Waals surface area contributed by atoms with E-state index >= 15 is 0 Å². The first-order chi connectivity index (χ1) is 16.2. The lowest BCUT2D eigenvalue weighted by Gasteiger charge is -2.37. The Balaban J connectivity index is 1.67. The Morgan fingerprint density at radius 2 is 1.97 bits per heavy atom. The van der Waals surface area contributed by atoms with Crippen molar-refractivity contribution in [3.05, 3.63) is 107 Å². The molecule has 178 valence electrons. The standard InChI is InChI=1S/C29H34ClN3O/c1-21(9-8-10-22(2)19-28(34)32-26-12-7-6-11-25(26)30)13-14-24-23(3)27(15-16-29(24,4)5)33-18-17-31-20-33/h6-14,17-20,27H,15-16H2,1-5H3,(H,32,34)/b10-8+,14-13+,21-9+,22-19+. The van der Waals surface area contributed by atoms with E-state index in [4.69, 9.17) is 11.6 Å². The van der Waals surface area contributed by atoms with E-state index < -0.39 is 0 Å². The van der Waals surface area contributed by atoms with Crippen molar-refractivity contribution in [3.8, 4) is 0 Å². The van der Waals surface area contributed by atoms with Crippen LogP contribution >= 0.6 is 11.6 Å². The van der Waals surface area contributed by atoms with E-state index in [9.17, 15) is 4.79 Å². The molecule has 3 rings (SSSR count). The third-order valence-corrected chi connectivity index (χ3v) is 6.63. The zero-order chi connectivity index (χ0) is 24.7. The first kappa shape index (κ1) is 25.5. The second kappa shape index (κ2) is 11.3. The maximum Gasteiger partial charge on any atom is 0.248 e. The molecular formula is C29H34ClN3O. The number of carbonyl (C=O) groups excluding carboxylic acids is 1. The number of imidazole rings is 1. The average molecular weight is 476 g/mol. The monoisotopic (exact) mass is 475 g/mol. The minimum atomic E-state index is -0.203. The summed E-state index contributed by atoms with van der Waals surface area (Å²) in [5.74, 6) is -0.203. The van der Waals surface area contributed by atoms with Gasteiger partial charge in [-0.25, -0.2) is 4.98 Å². The van der Waals surface area contributed by atoms with Crippen LogP contribution in [0.1, 0.15) is 53.5 Å². The molecule has 0 spiro atoms. The number of nitrogens with zero attached hydrogens (tertiary/aromatic N) is 2. The van der Waals surface area contributed by atoms with E-state index in [1.54, 1.807) is 18.2 Å². The Labute approximate surface area is 208 Å². The van der Waals surface area contributed by atoms with Crippen molar-refractivity contribution in [1.29, 1.82) is 0 Å². The van der Waals surface area contributed by atoms with Gasteiger partial charge in [0.1, 0.15) is 0 Å². The van der Waals surface area contributed by atoms with Crippen LogP contribution in [0, 0.1) is 5.41 Å². The van der Waals surface area contributed by atoms with Gasteiger partial charge in [-0.15, -0.1) is 0 Å². The number of rotatable bonds is 7. The molecule has 0 fully saturated rings. The molecule has 1 aromatic carbocycles. The van der Waals surface area contributed by atoms with Crippen LogP contribution < -0.4 is 5.32 Å². The fourth-order valence-corrected chi connectivity index (χ4v) is 4.54. The molecule has 0 bridgehead atoms. The van der Waals surface area contributed by atoms with Crippen molar-refractivity contribution in [3.63, 3.8) is 0 Å². The van der Waals surface area contributed by atoms with E-state index in [2.05, 4.69) is 60.8 Å². The first-order valence-electron chi connectivity index (χ1n) is 11.6. The highest BCUT2D eigenvalue weighted by molar-refractivity contribution is 6.33. The van der Waals surface area contributed by atoms with E-state index in [1.165, 1.54) is 11.1 Å². The molecule has 1 atom stereocenters. The van der Waals surface area contributed by atoms with Crippen LogP contribution in [0.4, 0.5) is 5.69 Å². The molecule has 4 nitrogen and oxygen atoms in total. The van der Waals surface area contributed by atoms with Crippen LogP contribution in [0.15, 0.2) is 102 Å².